The lowest BCUT2D eigenvalue weighted by atomic mass is 9.85. The number of ether oxygens (including phenoxy) is 2. The van der Waals surface area contributed by atoms with Gasteiger partial charge >= 0.3 is 11.9 Å². The van der Waals surface area contributed by atoms with Gasteiger partial charge in [-0.05, 0) is 18.2 Å². The molecule has 6 heteroatoms. The van der Waals surface area contributed by atoms with E-state index in [1.54, 1.807) is 7.05 Å². The minimum Gasteiger partial charge on any atom is -0.466 e. The number of carbonyl (C=O) groups is 2. The van der Waals surface area contributed by atoms with E-state index < -0.39 is 22.4 Å². The Kier molecular flexibility index (Phi) is 3.18. The molecule has 19 heavy (non-hydrogen) atoms. The summed E-state index contributed by atoms with van der Waals surface area (Å²) in [5.41, 5.74) is 1.80. The van der Waals surface area contributed by atoms with Crippen molar-refractivity contribution in [1.29, 1.82) is 0 Å². The Labute approximate surface area is 119 Å². The summed E-state index contributed by atoms with van der Waals surface area (Å²) in [5, 5.41) is 0. The van der Waals surface area contributed by atoms with E-state index in [4.69, 9.17) is 9.47 Å². The predicted molar refractivity (Wildman–Crippen MR) is 72.5 cm³/mol. The average Bonchev–Trinajstić information content (AvgIpc) is 2.73. The second kappa shape index (κ2) is 4.31. The van der Waals surface area contributed by atoms with Gasteiger partial charge in [0.25, 0.3) is 0 Å². The van der Waals surface area contributed by atoms with Crippen LogP contribution in [0.3, 0.4) is 0 Å². The van der Waals surface area contributed by atoms with Gasteiger partial charge in [-0.15, -0.1) is 0 Å². The Morgan fingerprint density at radius 3 is 2.26 bits per heavy atom. The zero-order valence-electron chi connectivity index (χ0n) is 10.9. The molecule has 0 aromatic carbocycles. The van der Waals surface area contributed by atoms with Gasteiger partial charge in [0.05, 0.1) is 31.4 Å². The second-order valence-corrected chi connectivity index (χ2v) is 5.56. The normalized spacial score (nSPS) is 30.0. The fourth-order valence-electron chi connectivity index (χ4n) is 2.68. The molecule has 2 bridgehead atoms. The minimum atomic E-state index is -0.953. The fourth-order valence-corrected chi connectivity index (χ4v) is 3.52. The van der Waals surface area contributed by atoms with Crippen molar-refractivity contribution < 1.29 is 19.1 Å². The van der Waals surface area contributed by atoms with Gasteiger partial charge in [0, 0.05) is 0 Å². The third kappa shape index (κ3) is 1.50. The van der Waals surface area contributed by atoms with E-state index in [-0.39, 0.29) is 11.1 Å². The number of hydrogen-bond acceptors (Lipinski definition) is 5. The summed E-state index contributed by atoms with van der Waals surface area (Å²) >= 11 is 3.50. The lowest BCUT2D eigenvalue weighted by molar-refractivity contribution is -0.139. The SMILES string of the molecule is C=C1C(=C)[C@@]2(Br)C(C(=O)OC)=C(C(=O)OC)[C@@H]1N2C. The van der Waals surface area contributed by atoms with E-state index in [1.807, 2.05) is 4.90 Å². The van der Waals surface area contributed by atoms with Crippen LogP contribution in [0.5, 0.6) is 0 Å². The first kappa shape index (κ1) is 14.0. The van der Waals surface area contributed by atoms with Crippen LogP contribution in [-0.4, -0.2) is 48.6 Å². The van der Waals surface area contributed by atoms with E-state index in [0.717, 1.165) is 0 Å². The fraction of sp³-hybridized carbons (Fsp3) is 0.385. The molecule has 0 spiro atoms. The molecule has 1 saturated heterocycles. The van der Waals surface area contributed by atoms with Gasteiger partial charge < -0.3 is 9.47 Å². The summed E-state index contributed by atoms with van der Waals surface area (Å²) in [6, 6.07) is -0.423. The van der Waals surface area contributed by atoms with Crippen molar-refractivity contribution in [3.63, 3.8) is 0 Å². The molecule has 2 atom stereocenters. The number of halogens is 1. The number of likely N-dealkylation sites (N-methyl/N-ethyl adjacent to an activating group) is 1. The van der Waals surface area contributed by atoms with Crippen LogP contribution in [0.15, 0.2) is 35.5 Å². The van der Waals surface area contributed by atoms with E-state index >= 15 is 0 Å². The number of fused-ring (bicyclic) bond motifs is 2. The van der Waals surface area contributed by atoms with Crippen molar-refractivity contribution in [3.05, 3.63) is 35.5 Å². The van der Waals surface area contributed by atoms with Crippen LogP contribution >= 0.6 is 15.9 Å². The third-order valence-electron chi connectivity index (χ3n) is 3.66. The molecule has 2 rings (SSSR count). The van der Waals surface area contributed by atoms with Crippen LogP contribution in [0.2, 0.25) is 0 Å². The van der Waals surface area contributed by atoms with Crippen molar-refractivity contribution in [3.8, 4) is 0 Å². The third-order valence-corrected chi connectivity index (χ3v) is 5.09. The van der Waals surface area contributed by atoms with Crippen molar-refractivity contribution in [1.82, 2.24) is 4.90 Å². The number of esters is 2. The molecule has 2 aliphatic heterocycles. The first-order chi connectivity index (χ1) is 8.82. The Hall–Kier alpha value is -1.40. The van der Waals surface area contributed by atoms with Crippen LogP contribution in [0, 0.1) is 0 Å². The standard InChI is InChI=1S/C13H14BrNO4/c1-6-7(2)13(14)9(12(17)19-5)8(11(16)18-4)10(6)15(13)3/h10H,1-2H2,3-5H3/t10-,13+/m1/s1. The summed E-state index contributed by atoms with van der Waals surface area (Å²) in [6.07, 6.45) is 0. The topological polar surface area (TPSA) is 55.8 Å². The maximum Gasteiger partial charge on any atom is 0.337 e. The number of nitrogens with zero attached hydrogens (tertiary/aromatic N) is 1. The lowest BCUT2D eigenvalue weighted by Gasteiger charge is -2.28. The molecule has 102 valence electrons. The molecule has 0 amide bonds. The van der Waals surface area contributed by atoms with E-state index in [1.165, 1.54) is 14.2 Å². The molecule has 1 fully saturated rings. The van der Waals surface area contributed by atoms with Crippen LogP contribution in [-0.2, 0) is 19.1 Å². The van der Waals surface area contributed by atoms with Crippen LogP contribution in [0.25, 0.3) is 0 Å². The molecule has 5 nitrogen and oxygen atoms in total. The summed E-state index contributed by atoms with van der Waals surface area (Å²) in [5.74, 6) is -1.15. The quantitative estimate of drug-likeness (QED) is 0.433. The van der Waals surface area contributed by atoms with Crippen LogP contribution in [0.4, 0.5) is 0 Å². The summed E-state index contributed by atoms with van der Waals surface area (Å²) in [7, 11) is 4.32. The zero-order valence-corrected chi connectivity index (χ0v) is 12.5. The average molecular weight is 328 g/mol. The largest absolute Gasteiger partial charge is 0.466 e. The molecule has 0 radical (unpaired) electrons. The van der Waals surface area contributed by atoms with Gasteiger partial charge in [-0.2, -0.15) is 0 Å². The summed E-state index contributed by atoms with van der Waals surface area (Å²) in [4.78, 5) is 25.8. The summed E-state index contributed by atoms with van der Waals surface area (Å²) < 4.78 is 8.59. The Balaban J connectivity index is 2.73. The number of alkyl halides is 1. The highest BCUT2D eigenvalue weighted by Crippen LogP contribution is 2.57. The van der Waals surface area contributed by atoms with Gasteiger partial charge in [-0.1, -0.05) is 29.1 Å². The van der Waals surface area contributed by atoms with E-state index in [9.17, 15) is 9.59 Å². The Morgan fingerprint density at radius 2 is 1.79 bits per heavy atom. The monoisotopic (exact) mass is 327 g/mol. The van der Waals surface area contributed by atoms with Crippen LogP contribution < -0.4 is 0 Å². The molecule has 0 unspecified atom stereocenters. The number of rotatable bonds is 2. The van der Waals surface area contributed by atoms with Gasteiger partial charge in [-0.25, -0.2) is 9.59 Å². The maximum absolute atomic E-state index is 12.0. The number of carbonyl (C=O) groups excluding carboxylic acids is 2. The smallest absolute Gasteiger partial charge is 0.337 e. The van der Waals surface area contributed by atoms with Gasteiger partial charge in [0.2, 0.25) is 0 Å². The Bertz CT molecular complexity index is 551. The molecular formula is C13H14BrNO4. The number of methoxy groups -OCH3 is 2. The highest BCUT2D eigenvalue weighted by molar-refractivity contribution is 9.10. The van der Waals surface area contributed by atoms with Crippen molar-refractivity contribution in [2.45, 2.75) is 10.5 Å². The summed E-state index contributed by atoms with van der Waals surface area (Å²) in [6.45, 7) is 7.88. The lowest BCUT2D eigenvalue weighted by Crippen LogP contribution is -2.38. The highest BCUT2D eigenvalue weighted by Gasteiger charge is 2.62. The highest BCUT2D eigenvalue weighted by atomic mass is 79.9. The molecular weight excluding hydrogens is 314 g/mol. The maximum atomic E-state index is 12.0. The van der Waals surface area contributed by atoms with Crippen molar-refractivity contribution in [2.24, 2.45) is 0 Å². The molecule has 2 heterocycles. The predicted octanol–water partition coefficient (Wildman–Crippen LogP) is 1.16. The minimum absolute atomic E-state index is 0.215. The molecule has 0 N–H and O–H groups in total. The first-order valence-electron chi connectivity index (χ1n) is 5.54. The van der Waals surface area contributed by atoms with Crippen molar-refractivity contribution in [2.75, 3.05) is 21.3 Å². The van der Waals surface area contributed by atoms with Gasteiger partial charge in [0.1, 0.15) is 4.45 Å². The molecule has 0 aliphatic carbocycles. The van der Waals surface area contributed by atoms with Gasteiger partial charge in [0.15, 0.2) is 0 Å². The van der Waals surface area contributed by atoms with Gasteiger partial charge in [-0.3, -0.25) is 4.90 Å². The molecule has 2 aliphatic rings. The molecule has 0 saturated carbocycles. The van der Waals surface area contributed by atoms with Crippen molar-refractivity contribution >= 4 is 27.9 Å². The Morgan fingerprint density at radius 1 is 1.26 bits per heavy atom. The first-order valence-corrected chi connectivity index (χ1v) is 6.33. The van der Waals surface area contributed by atoms with E-state index in [2.05, 4.69) is 29.1 Å². The van der Waals surface area contributed by atoms with Crippen LogP contribution in [0.1, 0.15) is 0 Å². The number of hydrogen-bond donors (Lipinski definition) is 0. The zero-order chi connectivity index (χ0) is 14.5. The molecule has 0 aromatic heterocycles. The van der Waals surface area contributed by atoms with E-state index in [0.29, 0.717) is 11.1 Å². The molecule has 0 aromatic rings. The second-order valence-electron chi connectivity index (χ2n) is 4.41.